The number of aromatic nitrogens is 2. The van der Waals surface area contributed by atoms with E-state index in [0.29, 0.717) is 5.82 Å². The molecule has 1 atom stereocenters. The molecule has 1 aromatic heterocycles. The minimum Gasteiger partial charge on any atom is -0.490 e. The molecule has 0 aliphatic rings. The zero-order chi connectivity index (χ0) is 24.4. The first-order valence-electron chi connectivity index (χ1n) is 13.0. The van der Waals surface area contributed by atoms with Crippen LogP contribution in [0.5, 0.6) is 5.75 Å². The number of hydrogen-bond donors (Lipinski definition) is 0. The number of benzene rings is 1. The maximum absolute atomic E-state index is 10.9. The molecular weight excluding hydrogens is 424 g/mol. The second-order valence-corrected chi connectivity index (χ2v) is 8.94. The molecule has 0 aliphatic carbocycles. The Morgan fingerprint density at radius 2 is 1.59 bits per heavy atom. The monoisotopic (exact) mass is 466 g/mol. The maximum Gasteiger partial charge on any atom is 0.302 e. The molecular formula is C29H42N2O3. The molecule has 0 radical (unpaired) electrons. The van der Waals surface area contributed by atoms with Crippen LogP contribution in [0.1, 0.15) is 97.0 Å². The summed E-state index contributed by atoms with van der Waals surface area (Å²) in [6, 6.07) is 8.23. The van der Waals surface area contributed by atoms with E-state index < -0.39 is 0 Å². The molecule has 34 heavy (non-hydrogen) atoms. The van der Waals surface area contributed by atoms with Crippen molar-refractivity contribution < 1.29 is 14.3 Å². The fraction of sp³-hybridized carbons (Fsp3) is 0.552. The molecule has 0 fully saturated rings. The van der Waals surface area contributed by atoms with Crippen LogP contribution in [0.15, 0.2) is 42.7 Å². The molecule has 2 rings (SSSR count). The summed E-state index contributed by atoms with van der Waals surface area (Å²) in [5.41, 5.74) is 2.13. The van der Waals surface area contributed by atoms with E-state index in [2.05, 4.69) is 41.2 Å². The van der Waals surface area contributed by atoms with Crippen LogP contribution in [0, 0.1) is 0 Å². The lowest BCUT2D eigenvalue weighted by atomic mass is 10.1. The Balaban J connectivity index is 1.66. The standard InChI is InChI=1S/C29H42N2O3/c1-4-5-6-7-8-9-10-14-21-33-28-22-30-29(31-23-28)27-19-17-26(18-20-27)16-13-11-12-15-24(2)34-25(3)32/h13,16-20,22-24H,4-12,14-15,21H2,1-3H3/b16-13+. The van der Waals surface area contributed by atoms with Crippen molar-refractivity contribution in [1.82, 2.24) is 9.97 Å². The maximum atomic E-state index is 10.9. The highest BCUT2D eigenvalue weighted by Crippen LogP contribution is 2.18. The number of carbonyl (C=O) groups is 1. The van der Waals surface area contributed by atoms with Crippen molar-refractivity contribution >= 4 is 12.0 Å². The Labute approximate surface area is 206 Å². The van der Waals surface area contributed by atoms with Gasteiger partial charge in [0.1, 0.15) is 0 Å². The Morgan fingerprint density at radius 1 is 0.941 bits per heavy atom. The smallest absolute Gasteiger partial charge is 0.302 e. The van der Waals surface area contributed by atoms with Gasteiger partial charge in [0.2, 0.25) is 0 Å². The second kappa shape index (κ2) is 16.9. The lowest BCUT2D eigenvalue weighted by Crippen LogP contribution is -2.11. The number of hydrogen-bond acceptors (Lipinski definition) is 5. The first-order valence-corrected chi connectivity index (χ1v) is 13.0. The molecule has 5 nitrogen and oxygen atoms in total. The van der Waals surface area contributed by atoms with Gasteiger partial charge in [-0.1, -0.05) is 88.3 Å². The van der Waals surface area contributed by atoms with Crippen LogP contribution in [0.2, 0.25) is 0 Å². The van der Waals surface area contributed by atoms with Crippen molar-refractivity contribution in [2.45, 2.75) is 97.5 Å². The predicted octanol–water partition coefficient (Wildman–Crippen LogP) is 7.80. The van der Waals surface area contributed by atoms with Crippen LogP contribution in [0.3, 0.4) is 0 Å². The van der Waals surface area contributed by atoms with Crippen LogP contribution in [0.25, 0.3) is 17.5 Å². The van der Waals surface area contributed by atoms with Gasteiger partial charge >= 0.3 is 5.97 Å². The van der Waals surface area contributed by atoms with Crippen molar-refractivity contribution in [1.29, 1.82) is 0 Å². The molecule has 1 heterocycles. The minimum atomic E-state index is -0.215. The van der Waals surface area contributed by atoms with Gasteiger partial charge in [0.15, 0.2) is 11.6 Å². The van der Waals surface area contributed by atoms with Gasteiger partial charge in [-0.2, -0.15) is 0 Å². The third-order valence-corrected chi connectivity index (χ3v) is 5.72. The fourth-order valence-corrected chi connectivity index (χ4v) is 3.79. The quantitative estimate of drug-likeness (QED) is 0.176. The van der Waals surface area contributed by atoms with Crippen molar-refractivity contribution in [2.75, 3.05) is 6.61 Å². The molecule has 0 saturated heterocycles. The summed E-state index contributed by atoms with van der Waals surface area (Å²) in [5.74, 6) is 1.22. The largest absolute Gasteiger partial charge is 0.490 e. The molecule has 0 aliphatic heterocycles. The lowest BCUT2D eigenvalue weighted by Gasteiger charge is -2.10. The molecule has 5 heteroatoms. The van der Waals surface area contributed by atoms with Gasteiger partial charge in [0, 0.05) is 12.5 Å². The third kappa shape index (κ3) is 12.0. The molecule has 0 bridgehead atoms. The van der Waals surface area contributed by atoms with E-state index in [1.807, 2.05) is 19.1 Å². The molecule has 1 unspecified atom stereocenters. The SMILES string of the molecule is CCCCCCCCCCOc1cnc(-c2ccc(/C=C/CCCC(C)OC(C)=O)cc2)nc1. The van der Waals surface area contributed by atoms with Gasteiger partial charge in [0.25, 0.3) is 0 Å². The van der Waals surface area contributed by atoms with Crippen LogP contribution in [-0.4, -0.2) is 28.6 Å². The van der Waals surface area contributed by atoms with Crippen molar-refractivity contribution in [3.63, 3.8) is 0 Å². The molecule has 0 spiro atoms. The zero-order valence-electron chi connectivity index (χ0n) is 21.3. The Morgan fingerprint density at radius 3 is 2.24 bits per heavy atom. The minimum absolute atomic E-state index is 0.0212. The van der Waals surface area contributed by atoms with E-state index in [-0.39, 0.29) is 12.1 Å². The van der Waals surface area contributed by atoms with Gasteiger partial charge < -0.3 is 9.47 Å². The first-order chi connectivity index (χ1) is 16.6. The summed E-state index contributed by atoms with van der Waals surface area (Å²) in [6.07, 6.45) is 20.9. The van der Waals surface area contributed by atoms with E-state index in [1.165, 1.54) is 51.9 Å². The summed E-state index contributed by atoms with van der Waals surface area (Å²) in [4.78, 5) is 19.9. The number of nitrogens with zero attached hydrogens (tertiary/aromatic N) is 2. The highest BCUT2D eigenvalue weighted by atomic mass is 16.5. The molecule has 0 saturated carbocycles. The Kier molecular flexibility index (Phi) is 13.7. The summed E-state index contributed by atoms with van der Waals surface area (Å²) in [6.45, 7) is 6.36. The van der Waals surface area contributed by atoms with Crippen LogP contribution >= 0.6 is 0 Å². The predicted molar refractivity (Wildman–Crippen MR) is 140 cm³/mol. The number of carbonyl (C=O) groups excluding carboxylic acids is 1. The Bertz CT molecular complexity index is 831. The van der Waals surface area contributed by atoms with Gasteiger partial charge in [-0.25, -0.2) is 9.97 Å². The molecule has 0 amide bonds. The van der Waals surface area contributed by atoms with E-state index in [0.717, 1.165) is 49.2 Å². The van der Waals surface area contributed by atoms with Crippen molar-refractivity contribution in [3.8, 4) is 17.1 Å². The molecule has 0 N–H and O–H groups in total. The van der Waals surface area contributed by atoms with Gasteiger partial charge in [0.05, 0.1) is 25.1 Å². The van der Waals surface area contributed by atoms with Crippen molar-refractivity contribution in [2.24, 2.45) is 0 Å². The highest BCUT2D eigenvalue weighted by molar-refractivity contribution is 5.66. The summed E-state index contributed by atoms with van der Waals surface area (Å²) in [7, 11) is 0. The number of rotatable bonds is 17. The van der Waals surface area contributed by atoms with Crippen LogP contribution in [-0.2, 0) is 9.53 Å². The number of ether oxygens (including phenoxy) is 2. The summed E-state index contributed by atoms with van der Waals surface area (Å²) >= 11 is 0. The van der Waals surface area contributed by atoms with Crippen LogP contribution in [0.4, 0.5) is 0 Å². The second-order valence-electron chi connectivity index (χ2n) is 8.94. The summed E-state index contributed by atoms with van der Waals surface area (Å²) < 4.78 is 10.9. The molecule has 1 aromatic carbocycles. The average Bonchev–Trinajstić information content (AvgIpc) is 2.83. The number of allylic oxidation sites excluding steroid dienone is 1. The summed E-state index contributed by atoms with van der Waals surface area (Å²) in [5, 5.41) is 0. The van der Waals surface area contributed by atoms with E-state index in [9.17, 15) is 4.79 Å². The lowest BCUT2D eigenvalue weighted by molar-refractivity contribution is -0.145. The van der Waals surface area contributed by atoms with E-state index in [4.69, 9.17) is 9.47 Å². The normalized spacial score (nSPS) is 12.1. The van der Waals surface area contributed by atoms with E-state index in [1.54, 1.807) is 12.4 Å². The van der Waals surface area contributed by atoms with Gasteiger partial charge in [-0.15, -0.1) is 0 Å². The topological polar surface area (TPSA) is 61.3 Å². The average molecular weight is 467 g/mol. The highest BCUT2D eigenvalue weighted by Gasteiger charge is 2.04. The van der Waals surface area contributed by atoms with Gasteiger partial charge in [-0.3, -0.25) is 4.79 Å². The fourth-order valence-electron chi connectivity index (χ4n) is 3.79. The Hall–Kier alpha value is -2.69. The third-order valence-electron chi connectivity index (χ3n) is 5.72. The molecule has 2 aromatic rings. The number of esters is 1. The van der Waals surface area contributed by atoms with Crippen molar-refractivity contribution in [3.05, 3.63) is 48.3 Å². The molecule has 186 valence electrons. The first kappa shape index (κ1) is 27.6. The van der Waals surface area contributed by atoms with Gasteiger partial charge in [-0.05, 0) is 38.2 Å². The number of unbranched alkanes of at least 4 members (excludes halogenated alkanes) is 8. The van der Waals surface area contributed by atoms with Crippen LogP contribution < -0.4 is 4.74 Å². The van der Waals surface area contributed by atoms with E-state index >= 15 is 0 Å². The zero-order valence-corrected chi connectivity index (χ0v) is 21.3.